The molecule has 0 saturated carbocycles. The Bertz CT molecular complexity index is 167. The standard InChI is InChI=1S/C7H12F3NO/c1-3-4(2)5(6(11)12)7(8,9)10/h4-5H,3H2,1-2H3,(H2,11,12). The summed E-state index contributed by atoms with van der Waals surface area (Å²) >= 11 is 0. The Morgan fingerprint density at radius 1 is 1.50 bits per heavy atom. The van der Waals surface area contributed by atoms with Gasteiger partial charge in [-0.2, -0.15) is 13.2 Å². The first-order chi connectivity index (χ1) is 5.30. The first-order valence-electron chi connectivity index (χ1n) is 3.66. The van der Waals surface area contributed by atoms with E-state index in [2.05, 4.69) is 5.73 Å². The molecule has 2 atom stereocenters. The molecule has 1 amide bonds. The summed E-state index contributed by atoms with van der Waals surface area (Å²) in [7, 11) is 0. The molecular weight excluding hydrogens is 171 g/mol. The van der Waals surface area contributed by atoms with Crippen molar-refractivity contribution in [3.63, 3.8) is 0 Å². The summed E-state index contributed by atoms with van der Waals surface area (Å²) in [5, 5.41) is 0. The van der Waals surface area contributed by atoms with Crippen LogP contribution in [0.15, 0.2) is 0 Å². The van der Waals surface area contributed by atoms with Crippen molar-refractivity contribution in [2.45, 2.75) is 26.4 Å². The highest BCUT2D eigenvalue weighted by Gasteiger charge is 2.46. The summed E-state index contributed by atoms with van der Waals surface area (Å²) < 4.78 is 36.3. The van der Waals surface area contributed by atoms with Crippen LogP contribution in [0.3, 0.4) is 0 Å². The second-order valence-corrected chi connectivity index (χ2v) is 2.81. The van der Waals surface area contributed by atoms with E-state index in [0.29, 0.717) is 0 Å². The van der Waals surface area contributed by atoms with Gasteiger partial charge in [-0.15, -0.1) is 0 Å². The summed E-state index contributed by atoms with van der Waals surface area (Å²) in [6.07, 6.45) is -4.23. The van der Waals surface area contributed by atoms with Gasteiger partial charge < -0.3 is 5.73 Å². The van der Waals surface area contributed by atoms with E-state index in [4.69, 9.17) is 0 Å². The van der Waals surface area contributed by atoms with Gasteiger partial charge in [0.1, 0.15) is 5.92 Å². The zero-order valence-corrected chi connectivity index (χ0v) is 6.98. The number of halogens is 3. The number of carbonyl (C=O) groups is 1. The summed E-state index contributed by atoms with van der Waals surface area (Å²) in [4.78, 5) is 10.4. The van der Waals surface area contributed by atoms with E-state index in [1.54, 1.807) is 6.92 Å². The first-order valence-corrected chi connectivity index (χ1v) is 3.66. The van der Waals surface area contributed by atoms with Gasteiger partial charge in [-0.25, -0.2) is 0 Å². The molecule has 12 heavy (non-hydrogen) atoms. The van der Waals surface area contributed by atoms with Gasteiger partial charge in [0.15, 0.2) is 0 Å². The molecule has 2 nitrogen and oxygen atoms in total. The number of nitrogens with two attached hydrogens (primary N) is 1. The molecule has 0 aromatic carbocycles. The van der Waals surface area contributed by atoms with Gasteiger partial charge in [0.2, 0.25) is 5.91 Å². The lowest BCUT2D eigenvalue weighted by atomic mass is 9.91. The van der Waals surface area contributed by atoms with E-state index in [9.17, 15) is 18.0 Å². The van der Waals surface area contributed by atoms with Crippen molar-refractivity contribution in [3.8, 4) is 0 Å². The van der Waals surface area contributed by atoms with Crippen LogP contribution in [0.5, 0.6) is 0 Å². The van der Waals surface area contributed by atoms with Crippen LogP contribution in [0.4, 0.5) is 13.2 Å². The molecule has 0 aliphatic rings. The molecule has 0 heterocycles. The molecule has 0 rings (SSSR count). The number of hydrogen-bond acceptors (Lipinski definition) is 1. The van der Waals surface area contributed by atoms with Gasteiger partial charge in [0.05, 0.1) is 0 Å². The SMILES string of the molecule is CCC(C)C(C(N)=O)C(F)(F)F. The number of alkyl halides is 3. The maximum atomic E-state index is 12.1. The molecule has 0 aromatic heterocycles. The van der Waals surface area contributed by atoms with Gasteiger partial charge in [0, 0.05) is 0 Å². The predicted octanol–water partition coefficient (Wildman–Crippen LogP) is 1.70. The number of primary amides is 1. The molecule has 0 aromatic rings. The Morgan fingerprint density at radius 2 is 1.92 bits per heavy atom. The largest absolute Gasteiger partial charge is 0.400 e. The van der Waals surface area contributed by atoms with Crippen molar-refractivity contribution in [1.82, 2.24) is 0 Å². The zero-order chi connectivity index (χ0) is 9.94. The number of rotatable bonds is 3. The fraction of sp³-hybridized carbons (Fsp3) is 0.857. The second kappa shape index (κ2) is 3.78. The van der Waals surface area contributed by atoms with Crippen LogP contribution < -0.4 is 5.73 Å². The van der Waals surface area contributed by atoms with E-state index in [1.807, 2.05) is 0 Å². The van der Waals surface area contributed by atoms with Crippen molar-refractivity contribution >= 4 is 5.91 Å². The van der Waals surface area contributed by atoms with E-state index >= 15 is 0 Å². The monoisotopic (exact) mass is 183 g/mol. The third-order valence-corrected chi connectivity index (χ3v) is 1.87. The van der Waals surface area contributed by atoms with Crippen molar-refractivity contribution in [1.29, 1.82) is 0 Å². The minimum absolute atomic E-state index is 0.285. The van der Waals surface area contributed by atoms with Crippen LogP contribution in [-0.2, 0) is 4.79 Å². The Hall–Kier alpha value is -0.740. The third kappa shape index (κ3) is 2.71. The zero-order valence-electron chi connectivity index (χ0n) is 6.98. The van der Waals surface area contributed by atoms with Crippen molar-refractivity contribution in [2.75, 3.05) is 0 Å². The smallest absolute Gasteiger partial charge is 0.369 e. The van der Waals surface area contributed by atoms with Crippen molar-refractivity contribution in [2.24, 2.45) is 17.6 Å². The van der Waals surface area contributed by atoms with Gasteiger partial charge in [-0.1, -0.05) is 20.3 Å². The highest BCUT2D eigenvalue weighted by molar-refractivity contribution is 5.77. The molecule has 0 bridgehead atoms. The van der Waals surface area contributed by atoms with Crippen LogP contribution in [0.2, 0.25) is 0 Å². The predicted molar refractivity (Wildman–Crippen MR) is 38.2 cm³/mol. The van der Waals surface area contributed by atoms with E-state index < -0.39 is 23.9 Å². The van der Waals surface area contributed by atoms with E-state index in [0.717, 1.165) is 0 Å². The van der Waals surface area contributed by atoms with Gasteiger partial charge in [-0.3, -0.25) is 4.79 Å². The molecule has 0 radical (unpaired) electrons. The third-order valence-electron chi connectivity index (χ3n) is 1.87. The van der Waals surface area contributed by atoms with Gasteiger partial charge in [0.25, 0.3) is 0 Å². The Labute approximate surface area is 68.9 Å². The summed E-state index contributed by atoms with van der Waals surface area (Å²) in [5.41, 5.74) is 4.64. The summed E-state index contributed by atoms with van der Waals surface area (Å²) in [6, 6.07) is 0. The molecule has 0 saturated heterocycles. The summed E-state index contributed by atoms with van der Waals surface area (Å²) in [6.45, 7) is 2.95. The number of amides is 1. The van der Waals surface area contributed by atoms with Crippen LogP contribution in [0.25, 0.3) is 0 Å². The Morgan fingerprint density at radius 3 is 2.00 bits per heavy atom. The Kier molecular flexibility index (Phi) is 3.55. The van der Waals surface area contributed by atoms with Gasteiger partial charge >= 0.3 is 6.18 Å². The number of hydrogen-bond donors (Lipinski definition) is 1. The lowest BCUT2D eigenvalue weighted by molar-refractivity contribution is -0.190. The molecule has 72 valence electrons. The highest BCUT2D eigenvalue weighted by atomic mass is 19.4. The number of carbonyl (C=O) groups excluding carboxylic acids is 1. The molecule has 2 N–H and O–H groups in total. The van der Waals surface area contributed by atoms with E-state index in [-0.39, 0.29) is 6.42 Å². The molecule has 0 aliphatic carbocycles. The lowest BCUT2D eigenvalue weighted by Crippen LogP contribution is -2.39. The molecule has 2 unspecified atom stereocenters. The molecule has 0 fully saturated rings. The average molecular weight is 183 g/mol. The van der Waals surface area contributed by atoms with Gasteiger partial charge in [-0.05, 0) is 5.92 Å². The van der Waals surface area contributed by atoms with Crippen molar-refractivity contribution in [3.05, 3.63) is 0 Å². The minimum Gasteiger partial charge on any atom is -0.369 e. The van der Waals surface area contributed by atoms with E-state index in [1.165, 1.54) is 6.92 Å². The normalized spacial score (nSPS) is 17.1. The van der Waals surface area contributed by atoms with Crippen LogP contribution >= 0.6 is 0 Å². The minimum atomic E-state index is -4.51. The molecule has 5 heteroatoms. The fourth-order valence-corrected chi connectivity index (χ4v) is 1.00. The maximum absolute atomic E-state index is 12.1. The topological polar surface area (TPSA) is 43.1 Å². The fourth-order valence-electron chi connectivity index (χ4n) is 1.00. The first kappa shape index (κ1) is 11.3. The molecular formula is C7H12F3NO. The molecule has 0 aliphatic heterocycles. The highest BCUT2D eigenvalue weighted by Crippen LogP contribution is 2.33. The van der Waals surface area contributed by atoms with Crippen LogP contribution in [-0.4, -0.2) is 12.1 Å². The molecule has 0 spiro atoms. The quantitative estimate of drug-likeness (QED) is 0.710. The van der Waals surface area contributed by atoms with Crippen LogP contribution in [0.1, 0.15) is 20.3 Å². The maximum Gasteiger partial charge on any atom is 0.400 e. The Balaban J connectivity index is 4.56. The lowest BCUT2D eigenvalue weighted by Gasteiger charge is -2.22. The average Bonchev–Trinajstić information content (AvgIpc) is 1.83. The van der Waals surface area contributed by atoms with Crippen molar-refractivity contribution < 1.29 is 18.0 Å². The summed E-state index contributed by atoms with van der Waals surface area (Å²) in [5.74, 6) is -4.05. The second-order valence-electron chi connectivity index (χ2n) is 2.81. The van der Waals surface area contributed by atoms with Crippen LogP contribution in [0, 0.1) is 11.8 Å².